The summed E-state index contributed by atoms with van der Waals surface area (Å²) >= 11 is 0. The van der Waals surface area contributed by atoms with Gasteiger partial charge >= 0.3 is 0 Å². The molecule has 2 aromatic carbocycles. The number of nitrogens with zero attached hydrogens (tertiary/aromatic N) is 2. The van der Waals surface area contributed by atoms with E-state index in [0.717, 1.165) is 42.1 Å². The van der Waals surface area contributed by atoms with Gasteiger partial charge in [0.1, 0.15) is 17.0 Å². The summed E-state index contributed by atoms with van der Waals surface area (Å²) in [5.74, 6) is 1.77. The first kappa shape index (κ1) is 21.8. The molecule has 8 heteroatoms. The van der Waals surface area contributed by atoms with Gasteiger partial charge in [-0.05, 0) is 55.7 Å². The zero-order valence-corrected chi connectivity index (χ0v) is 20.0. The van der Waals surface area contributed by atoms with Crippen molar-refractivity contribution in [1.29, 1.82) is 0 Å². The van der Waals surface area contributed by atoms with Crippen LogP contribution < -0.4 is 19.5 Å². The Morgan fingerprint density at radius 1 is 1.11 bits per heavy atom. The molecule has 0 bridgehead atoms. The zero-order chi connectivity index (χ0) is 24.2. The van der Waals surface area contributed by atoms with Gasteiger partial charge in [-0.15, -0.1) is 0 Å². The van der Waals surface area contributed by atoms with Crippen LogP contribution in [-0.4, -0.2) is 46.8 Å². The molecular weight excluding hydrogens is 446 g/mol. The fourth-order valence-electron chi connectivity index (χ4n) is 5.54. The van der Waals surface area contributed by atoms with Gasteiger partial charge in [-0.3, -0.25) is 9.59 Å². The second-order valence-corrected chi connectivity index (χ2v) is 9.85. The Kier molecular flexibility index (Phi) is 5.12. The molecule has 2 amide bonds. The van der Waals surface area contributed by atoms with Crippen molar-refractivity contribution in [3.05, 3.63) is 53.7 Å². The molecule has 8 nitrogen and oxygen atoms in total. The number of methoxy groups -OCH3 is 1. The molecule has 0 spiro atoms. The van der Waals surface area contributed by atoms with Crippen LogP contribution >= 0.6 is 0 Å². The molecule has 1 N–H and O–H groups in total. The highest BCUT2D eigenvalue weighted by Crippen LogP contribution is 2.37. The number of nitrogens with one attached hydrogen (secondary N) is 1. The third kappa shape index (κ3) is 3.59. The van der Waals surface area contributed by atoms with Crippen molar-refractivity contribution < 1.29 is 23.8 Å². The molecule has 1 aromatic heterocycles. The van der Waals surface area contributed by atoms with Crippen LogP contribution in [0.25, 0.3) is 10.9 Å². The monoisotopic (exact) mass is 475 g/mol. The number of rotatable bonds is 5. The van der Waals surface area contributed by atoms with Crippen LogP contribution in [0.4, 0.5) is 0 Å². The van der Waals surface area contributed by atoms with Crippen LogP contribution in [0.5, 0.6) is 17.2 Å². The lowest BCUT2D eigenvalue weighted by molar-refractivity contribution is -0.133. The normalized spacial score (nSPS) is 21.4. The molecule has 0 unspecified atom stereocenters. The van der Waals surface area contributed by atoms with E-state index in [-0.39, 0.29) is 31.2 Å². The van der Waals surface area contributed by atoms with Gasteiger partial charge in [0.15, 0.2) is 11.5 Å². The number of fused-ring (bicyclic) bond motifs is 4. The Balaban J connectivity index is 1.42. The average molecular weight is 476 g/mol. The molecule has 3 aliphatic rings. The van der Waals surface area contributed by atoms with Crippen molar-refractivity contribution in [3.63, 3.8) is 0 Å². The Bertz CT molecular complexity index is 1330. The molecule has 0 saturated heterocycles. The quantitative estimate of drug-likeness (QED) is 0.606. The number of ether oxygens (including phenoxy) is 3. The summed E-state index contributed by atoms with van der Waals surface area (Å²) in [4.78, 5) is 29.5. The third-order valence-electron chi connectivity index (χ3n) is 7.59. The second-order valence-electron chi connectivity index (χ2n) is 9.85. The molecule has 1 saturated carbocycles. The number of benzene rings is 2. The zero-order valence-electron chi connectivity index (χ0n) is 20.0. The van der Waals surface area contributed by atoms with Crippen molar-refractivity contribution in [2.75, 3.05) is 13.9 Å². The number of hydrogen-bond donors (Lipinski definition) is 1. The average Bonchev–Trinajstić information content (AvgIpc) is 3.61. The molecule has 0 radical (unpaired) electrons. The lowest BCUT2D eigenvalue weighted by atomic mass is 9.93. The fraction of sp³-hybridized carbons (Fsp3) is 0.407. The van der Waals surface area contributed by atoms with Gasteiger partial charge in [-0.1, -0.05) is 18.9 Å². The SMILES string of the molecule is COc1ccc2cc3n(c2c1)C[C@](C)(C(=O)NC1CCCC1)N(Cc1ccc2c(c1)OCO2)C3=O. The maximum atomic E-state index is 14.0. The summed E-state index contributed by atoms with van der Waals surface area (Å²) in [5, 5.41) is 4.19. The van der Waals surface area contributed by atoms with Crippen LogP contribution in [-0.2, 0) is 17.9 Å². The lowest BCUT2D eigenvalue weighted by Crippen LogP contribution is -2.64. The number of amides is 2. The Morgan fingerprint density at radius 2 is 1.91 bits per heavy atom. The predicted octanol–water partition coefficient (Wildman–Crippen LogP) is 3.85. The van der Waals surface area contributed by atoms with Crippen molar-refractivity contribution in [3.8, 4) is 17.2 Å². The molecule has 35 heavy (non-hydrogen) atoms. The smallest absolute Gasteiger partial charge is 0.271 e. The highest BCUT2D eigenvalue weighted by molar-refractivity contribution is 6.03. The summed E-state index contributed by atoms with van der Waals surface area (Å²) in [7, 11) is 1.62. The number of aromatic nitrogens is 1. The minimum absolute atomic E-state index is 0.117. The maximum Gasteiger partial charge on any atom is 0.271 e. The van der Waals surface area contributed by atoms with Crippen molar-refractivity contribution in [1.82, 2.24) is 14.8 Å². The Hall–Kier alpha value is -3.68. The lowest BCUT2D eigenvalue weighted by Gasteiger charge is -2.44. The number of carbonyl (C=O) groups excluding carboxylic acids is 2. The molecule has 3 aromatic rings. The minimum Gasteiger partial charge on any atom is -0.497 e. The molecular formula is C27H29N3O5. The van der Waals surface area contributed by atoms with E-state index in [1.165, 1.54) is 0 Å². The van der Waals surface area contributed by atoms with E-state index in [0.29, 0.717) is 29.5 Å². The Labute approximate surface area is 203 Å². The summed E-state index contributed by atoms with van der Waals surface area (Å²) in [5.41, 5.74) is 1.27. The molecule has 1 aliphatic carbocycles. The van der Waals surface area contributed by atoms with Crippen LogP contribution in [0.3, 0.4) is 0 Å². The summed E-state index contributed by atoms with van der Waals surface area (Å²) < 4.78 is 18.4. The standard InChI is InChI=1S/C27H29N3O5/c1-27(26(32)28-19-5-3-4-6-19)15-29-21-13-20(33-2)9-8-18(21)12-22(29)25(31)30(27)14-17-7-10-23-24(11-17)35-16-34-23/h7-13,19H,3-6,14-16H2,1-2H3,(H,28,32)/t27-/m1/s1. The largest absolute Gasteiger partial charge is 0.497 e. The highest BCUT2D eigenvalue weighted by atomic mass is 16.7. The Morgan fingerprint density at radius 3 is 2.71 bits per heavy atom. The highest BCUT2D eigenvalue weighted by Gasteiger charge is 2.48. The van der Waals surface area contributed by atoms with Crippen LogP contribution in [0.15, 0.2) is 42.5 Å². The maximum absolute atomic E-state index is 14.0. The number of carbonyl (C=O) groups is 2. The molecule has 1 atom stereocenters. The first-order chi connectivity index (χ1) is 17.0. The predicted molar refractivity (Wildman–Crippen MR) is 130 cm³/mol. The van der Waals surface area contributed by atoms with Gasteiger partial charge in [0.05, 0.1) is 19.2 Å². The van der Waals surface area contributed by atoms with E-state index in [2.05, 4.69) is 5.32 Å². The van der Waals surface area contributed by atoms with Crippen LogP contribution in [0, 0.1) is 0 Å². The van der Waals surface area contributed by atoms with E-state index in [1.54, 1.807) is 12.0 Å². The first-order valence-corrected chi connectivity index (χ1v) is 12.1. The summed E-state index contributed by atoms with van der Waals surface area (Å²) in [6.07, 6.45) is 4.20. The van der Waals surface area contributed by atoms with Gasteiger partial charge in [-0.25, -0.2) is 0 Å². The summed E-state index contributed by atoms with van der Waals surface area (Å²) in [6.45, 7) is 2.70. The van der Waals surface area contributed by atoms with Crippen molar-refractivity contribution in [2.45, 2.75) is 57.3 Å². The van der Waals surface area contributed by atoms with E-state index >= 15 is 0 Å². The van der Waals surface area contributed by atoms with E-state index in [1.807, 2.05) is 54.0 Å². The van der Waals surface area contributed by atoms with E-state index in [9.17, 15) is 9.59 Å². The van der Waals surface area contributed by atoms with E-state index in [4.69, 9.17) is 14.2 Å². The van der Waals surface area contributed by atoms with Gasteiger partial charge in [0.25, 0.3) is 5.91 Å². The third-order valence-corrected chi connectivity index (χ3v) is 7.59. The first-order valence-electron chi connectivity index (χ1n) is 12.1. The fourth-order valence-corrected chi connectivity index (χ4v) is 5.54. The van der Waals surface area contributed by atoms with E-state index < -0.39 is 5.54 Å². The van der Waals surface area contributed by atoms with Crippen LogP contribution in [0.2, 0.25) is 0 Å². The van der Waals surface area contributed by atoms with Gasteiger partial charge < -0.3 is 29.0 Å². The topological polar surface area (TPSA) is 82.0 Å². The summed E-state index contributed by atoms with van der Waals surface area (Å²) in [6, 6.07) is 13.5. The number of hydrogen-bond acceptors (Lipinski definition) is 5. The molecule has 2 aliphatic heterocycles. The van der Waals surface area contributed by atoms with Gasteiger partial charge in [0.2, 0.25) is 12.7 Å². The van der Waals surface area contributed by atoms with Gasteiger partial charge in [0, 0.05) is 24.0 Å². The minimum atomic E-state index is -1.07. The molecule has 1 fully saturated rings. The molecule has 6 rings (SSSR count). The molecule has 3 heterocycles. The van der Waals surface area contributed by atoms with Crippen molar-refractivity contribution >= 4 is 22.7 Å². The molecule has 182 valence electrons. The van der Waals surface area contributed by atoms with Crippen LogP contribution in [0.1, 0.15) is 48.7 Å². The van der Waals surface area contributed by atoms with Gasteiger partial charge in [-0.2, -0.15) is 0 Å². The van der Waals surface area contributed by atoms with Crippen molar-refractivity contribution in [2.24, 2.45) is 0 Å². The second kappa shape index (κ2) is 8.22.